The van der Waals surface area contributed by atoms with E-state index in [1.54, 1.807) is 12.1 Å². The Kier molecular flexibility index (Phi) is 5.55. The molecule has 2 N–H and O–H groups in total. The van der Waals surface area contributed by atoms with Gasteiger partial charge in [0.25, 0.3) is 0 Å². The molecule has 1 aliphatic heterocycles. The average Bonchev–Trinajstić information content (AvgIpc) is 2.62. The van der Waals surface area contributed by atoms with Gasteiger partial charge in [-0.25, -0.2) is 0 Å². The molecular formula is C19H20F3N3O2. The van der Waals surface area contributed by atoms with Crippen LogP contribution in [0.1, 0.15) is 5.56 Å². The monoisotopic (exact) mass is 379 g/mol. The van der Waals surface area contributed by atoms with Crippen molar-refractivity contribution in [2.24, 2.45) is 0 Å². The fourth-order valence-corrected chi connectivity index (χ4v) is 3.06. The second-order valence-electron chi connectivity index (χ2n) is 6.37. The Morgan fingerprint density at radius 3 is 2.26 bits per heavy atom. The quantitative estimate of drug-likeness (QED) is 0.857. The number of halogens is 3. The molecule has 0 bridgehead atoms. The molecule has 0 aliphatic carbocycles. The van der Waals surface area contributed by atoms with E-state index in [4.69, 9.17) is 0 Å². The van der Waals surface area contributed by atoms with Crippen molar-refractivity contribution in [1.29, 1.82) is 0 Å². The van der Waals surface area contributed by atoms with Crippen LogP contribution in [0.15, 0.2) is 48.5 Å². The molecule has 8 heteroatoms. The van der Waals surface area contributed by atoms with Gasteiger partial charge in [-0.2, -0.15) is 13.2 Å². The van der Waals surface area contributed by atoms with E-state index in [2.05, 4.69) is 10.2 Å². The van der Waals surface area contributed by atoms with E-state index in [0.717, 1.165) is 11.8 Å². The lowest BCUT2D eigenvalue weighted by molar-refractivity contribution is -0.137. The van der Waals surface area contributed by atoms with Crippen LogP contribution < -0.4 is 10.2 Å². The average molecular weight is 379 g/mol. The standard InChI is InChI=1S/C19H20F3N3O2/c20-19(21,22)16-3-1-2-4-17(16)23-18(27)13-24-9-11-25(12-10-24)14-5-7-15(26)8-6-14/h1-8,26H,9-13H2,(H,23,27). The van der Waals surface area contributed by atoms with Crippen LogP contribution in [-0.4, -0.2) is 48.6 Å². The number of rotatable bonds is 4. The van der Waals surface area contributed by atoms with Crippen molar-refractivity contribution in [2.75, 3.05) is 42.9 Å². The number of carbonyl (C=O) groups excluding carboxylic acids is 1. The highest BCUT2D eigenvalue weighted by atomic mass is 19.4. The van der Waals surface area contributed by atoms with E-state index in [1.165, 1.54) is 18.2 Å². The van der Waals surface area contributed by atoms with Gasteiger partial charge in [-0.3, -0.25) is 9.69 Å². The van der Waals surface area contributed by atoms with Crippen LogP contribution in [0.4, 0.5) is 24.5 Å². The van der Waals surface area contributed by atoms with E-state index in [-0.39, 0.29) is 18.0 Å². The van der Waals surface area contributed by atoms with Gasteiger partial charge in [0.15, 0.2) is 0 Å². The van der Waals surface area contributed by atoms with Crippen LogP contribution in [0.25, 0.3) is 0 Å². The van der Waals surface area contributed by atoms with E-state index < -0.39 is 17.6 Å². The molecule has 27 heavy (non-hydrogen) atoms. The predicted octanol–water partition coefficient (Wildman–Crippen LogP) is 3.17. The Balaban J connectivity index is 1.54. The number of hydrogen-bond acceptors (Lipinski definition) is 4. The number of para-hydroxylation sites is 1. The fourth-order valence-electron chi connectivity index (χ4n) is 3.06. The van der Waals surface area contributed by atoms with Crippen LogP contribution >= 0.6 is 0 Å². The molecule has 0 atom stereocenters. The van der Waals surface area contributed by atoms with Crippen LogP contribution in [-0.2, 0) is 11.0 Å². The fraction of sp³-hybridized carbons (Fsp3) is 0.316. The molecular weight excluding hydrogens is 359 g/mol. The minimum Gasteiger partial charge on any atom is -0.508 e. The van der Waals surface area contributed by atoms with Crippen LogP contribution in [0.5, 0.6) is 5.75 Å². The maximum atomic E-state index is 13.0. The maximum absolute atomic E-state index is 13.0. The summed E-state index contributed by atoms with van der Waals surface area (Å²) < 4.78 is 39.0. The van der Waals surface area contributed by atoms with Gasteiger partial charge in [0.1, 0.15) is 5.75 Å². The van der Waals surface area contributed by atoms with Crippen molar-refractivity contribution < 1.29 is 23.1 Å². The van der Waals surface area contributed by atoms with Crippen LogP contribution in [0.2, 0.25) is 0 Å². The van der Waals surface area contributed by atoms with Crippen molar-refractivity contribution >= 4 is 17.3 Å². The number of piperazine rings is 1. The molecule has 1 fully saturated rings. The number of anilines is 2. The second-order valence-corrected chi connectivity index (χ2v) is 6.37. The molecule has 3 rings (SSSR count). The normalized spacial score (nSPS) is 15.6. The highest BCUT2D eigenvalue weighted by molar-refractivity contribution is 5.93. The van der Waals surface area contributed by atoms with Crippen molar-refractivity contribution in [3.05, 3.63) is 54.1 Å². The number of phenols is 1. The molecule has 5 nitrogen and oxygen atoms in total. The first-order valence-corrected chi connectivity index (χ1v) is 8.55. The van der Waals surface area contributed by atoms with E-state index >= 15 is 0 Å². The zero-order valence-electron chi connectivity index (χ0n) is 14.5. The van der Waals surface area contributed by atoms with Crippen molar-refractivity contribution in [2.45, 2.75) is 6.18 Å². The van der Waals surface area contributed by atoms with Gasteiger partial charge < -0.3 is 15.3 Å². The molecule has 1 saturated heterocycles. The minimum absolute atomic E-state index is 0.0373. The third-order valence-electron chi connectivity index (χ3n) is 4.46. The molecule has 2 aromatic carbocycles. The van der Waals surface area contributed by atoms with E-state index in [9.17, 15) is 23.1 Å². The van der Waals surface area contributed by atoms with E-state index in [0.29, 0.717) is 26.2 Å². The first-order valence-electron chi connectivity index (χ1n) is 8.55. The van der Waals surface area contributed by atoms with Gasteiger partial charge in [-0.1, -0.05) is 12.1 Å². The molecule has 0 radical (unpaired) electrons. The molecule has 0 spiro atoms. The smallest absolute Gasteiger partial charge is 0.418 e. The number of nitrogens with one attached hydrogen (secondary N) is 1. The Morgan fingerprint density at radius 2 is 1.63 bits per heavy atom. The molecule has 1 heterocycles. The number of amides is 1. The summed E-state index contributed by atoms with van der Waals surface area (Å²) in [5.41, 5.74) is -0.0933. The molecule has 0 unspecified atom stereocenters. The number of nitrogens with zero attached hydrogens (tertiary/aromatic N) is 2. The lowest BCUT2D eigenvalue weighted by Crippen LogP contribution is -2.48. The van der Waals surface area contributed by atoms with Crippen LogP contribution in [0, 0.1) is 0 Å². The van der Waals surface area contributed by atoms with Crippen LogP contribution in [0.3, 0.4) is 0 Å². The number of benzene rings is 2. The van der Waals surface area contributed by atoms with Crippen molar-refractivity contribution in [3.8, 4) is 5.75 Å². The van der Waals surface area contributed by atoms with Gasteiger partial charge in [0, 0.05) is 31.9 Å². The summed E-state index contributed by atoms with van der Waals surface area (Å²) in [4.78, 5) is 16.2. The minimum atomic E-state index is -4.51. The summed E-state index contributed by atoms with van der Waals surface area (Å²) in [6, 6.07) is 11.8. The predicted molar refractivity (Wildman–Crippen MR) is 96.8 cm³/mol. The SMILES string of the molecule is O=C(CN1CCN(c2ccc(O)cc2)CC1)Nc1ccccc1C(F)(F)F. The number of phenolic OH excluding ortho intramolecular Hbond substituents is 1. The highest BCUT2D eigenvalue weighted by Gasteiger charge is 2.33. The highest BCUT2D eigenvalue weighted by Crippen LogP contribution is 2.34. The van der Waals surface area contributed by atoms with E-state index in [1.807, 2.05) is 17.0 Å². The van der Waals surface area contributed by atoms with Gasteiger partial charge >= 0.3 is 6.18 Å². The molecule has 0 saturated carbocycles. The largest absolute Gasteiger partial charge is 0.508 e. The van der Waals surface area contributed by atoms with Crippen molar-refractivity contribution in [1.82, 2.24) is 4.90 Å². The first kappa shape index (κ1) is 19.0. The maximum Gasteiger partial charge on any atom is 0.418 e. The summed E-state index contributed by atoms with van der Waals surface area (Å²) in [7, 11) is 0. The topological polar surface area (TPSA) is 55.8 Å². The summed E-state index contributed by atoms with van der Waals surface area (Å²) in [5.74, 6) is -0.266. The van der Waals surface area contributed by atoms with Gasteiger partial charge in [-0.15, -0.1) is 0 Å². The second kappa shape index (κ2) is 7.87. The third-order valence-corrected chi connectivity index (χ3v) is 4.46. The third kappa shape index (κ3) is 4.91. The number of alkyl halides is 3. The summed E-state index contributed by atoms with van der Waals surface area (Å²) in [5, 5.41) is 11.7. The Bertz CT molecular complexity index is 786. The number of carbonyl (C=O) groups is 1. The lowest BCUT2D eigenvalue weighted by atomic mass is 10.1. The van der Waals surface area contributed by atoms with Gasteiger partial charge in [0.2, 0.25) is 5.91 Å². The summed E-state index contributed by atoms with van der Waals surface area (Å²) in [6.45, 7) is 2.66. The number of hydrogen-bond donors (Lipinski definition) is 2. The van der Waals surface area contributed by atoms with Gasteiger partial charge in [0.05, 0.1) is 17.8 Å². The Labute approximate surface area is 155 Å². The molecule has 2 aromatic rings. The molecule has 1 aliphatic rings. The number of aromatic hydroxyl groups is 1. The molecule has 0 aromatic heterocycles. The first-order chi connectivity index (χ1) is 12.8. The van der Waals surface area contributed by atoms with Crippen molar-refractivity contribution in [3.63, 3.8) is 0 Å². The zero-order chi connectivity index (χ0) is 19.4. The Hall–Kier alpha value is -2.74. The zero-order valence-corrected chi connectivity index (χ0v) is 14.5. The molecule has 144 valence electrons. The Morgan fingerprint density at radius 1 is 1.00 bits per heavy atom. The lowest BCUT2D eigenvalue weighted by Gasteiger charge is -2.35. The summed E-state index contributed by atoms with van der Waals surface area (Å²) in [6.07, 6.45) is -4.51. The summed E-state index contributed by atoms with van der Waals surface area (Å²) >= 11 is 0. The van der Waals surface area contributed by atoms with Gasteiger partial charge in [-0.05, 0) is 36.4 Å². The molecule has 1 amide bonds.